The molecular weight excluding hydrogens is 288 g/mol. The van der Waals surface area contributed by atoms with Gasteiger partial charge in [-0.1, -0.05) is 42.7 Å². The quantitative estimate of drug-likeness (QED) is 0.838. The van der Waals surface area contributed by atoms with Gasteiger partial charge in [-0.25, -0.2) is 0 Å². The lowest BCUT2D eigenvalue weighted by molar-refractivity contribution is -0.151. The summed E-state index contributed by atoms with van der Waals surface area (Å²) < 4.78 is 0. The number of hydrogen-bond acceptors (Lipinski definition) is 2. The molecule has 2 aliphatic rings. The number of piperazine rings is 1. The van der Waals surface area contributed by atoms with Crippen LogP contribution in [0.4, 0.5) is 0 Å². The van der Waals surface area contributed by atoms with E-state index in [4.69, 9.17) is 0 Å². The van der Waals surface area contributed by atoms with Crippen molar-refractivity contribution in [2.75, 3.05) is 13.1 Å². The van der Waals surface area contributed by atoms with Crippen LogP contribution in [-0.4, -0.2) is 40.7 Å². The van der Waals surface area contributed by atoms with Crippen LogP contribution in [0.25, 0.3) is 0 Å². The van der Waals surface area contributed by atoms with Crippen molar-refractivity contribution >= 4 is 11.8 Å². The molecule has 1 heterocycles. The Morgan fingerprint density at radius 2 is 1.87 bits per heavy atom. The molecule has 3 rings (SSSR count). The summed E-state index contributed by atoms with van der Waals surface area (Å²) in [5.41, 5.74) is 2.36. The molecule has 1 saturated heterocycles. The van der Waals surface area contributed by atoms with Gasteiger partial charge in [0.15, 0.2) is 0 Å². The molecule has 1 aromatic rings. The molecule has 4 nitrogen and oxygen atoms in total. The summed E-state index contributed by atoms with van der Waals surface area (Å²) >= 11 is 0. The molecule has 1 atom stereocenters. The fourth-order valence-electron chi connectivity index (χ4n) is 3.22. The molecule has 0 unspecified atom stereocenters. The highest BCUT2D eigenvalue weighted by Crippen LogP contribution is 2.33. The number of nitrogens with zero attached hydrogens (tertiary/aromatic N) is 2. The minimum Gasteiger partial charge on any atom is -0.335 e. The summed E-state index contributed by atoms with van der Waals surface area (Å²) in [6, 6.07) is 7.95. The van der Waals surface area contributed by atoms with Crippen LogP contribution in [0.3, 0.4) is 0 Å². The zero-order valence-electron chi connectivity index (χ0n) is 14.1. The topological polar surface area (TPSA) is 40.6 Å². The molecule has 1 saturated carbocycles. The SMILES string of the molecule is Cc1ccc(CN2CCN(C(=O)CCC3CC3)[C@@H](C)C2=O)cc1. The van der Waals surface area contributed by atoms with E-state index in [9.17, 15) is 9.59 Å². The van der Waals surface area contributed by atoms with Crippen molar-refractivity contribution < 1.29 is 9.59 Å². The minimum absolute atomic E-state index is 0.0663. The molecule has 2 amide bonds. The summed E-state index contributed by atoms with van der Waals surface area (Å²) in [6.45, 7) is 5.84. The second-order valence-corrected chi connectivity index (χ2v) is 6.99. The van der Waals surface area contributed by atoms with Crippen LogP contribution in [0.1, 0.15) is 43.7 Å². The van der Waals surface area contributed by atoms with Gasteiger partial charge in [-0.2, -0.15) is 0 Å². The van der Waals surface area contributed by atoms with Crippen molar-refractivity contribution in [1.82, 2.24) is 9.80 Å². The summed E-state index contributed by atoms with van der Waals surface area (Å²) in [4.78, 5) is 28.6. The summed E-state index contributed by atoms with van der Waals surface area (Å²) in [6.07, 6.45) is 4.13. The van der Waals surface area contributed by atoms with Gasteiger partial charge < -0.3 is 9.80 Å². The van der Waals surface area contributed by atoms with E-state index in [2.05, 4.69) is 31.2 Å². The molecule has 2 fully saturated rings. The van der Waals surface area contributed by atoms with Crippen molar-refractivity contribution in [2.24, 2.45) is 5.92 Å². The van der Waals surface area contributed by atoms with Crippen molar-refractivity contribution in [3.8, 4) is 0 Å². The number of amides is 2. The van der Waals surface area contributed by atoms with Crippen LogP contribution in [0, 0.1) is 12.8 Å². The third kappa shape index (κ3) is 3.92. The summed E-state index contributed by atoms with van der Waals surface area (Å²) in [7, 11) is 0. The van der Waals surface area contributed by atoms with Gasteiger partial charge in [0, 0.05) is 26.1 Å². The molecule has 124 valence electrons. The van der Waals surface area contributed by atoms with Crippen molar-refractivity contribution in [3.05, 3.63) is 35.4 Å². The molecule has 0 bridgehead atoms. The number of aryl methyl sites for hydroxylation is 1. The van der Waals surface area contributed by atoms with E-state index in [1.54, 1.807) is 4.90 Å². The number of benzene rings is 1. The second-order valence-electron chi connectivity index (χ2n) is 6.99. The first-order chi connectivity index (χ1) is 11.0. The lowest BCUT2D eigenvalue weighted by atomic mass is 10.1. The monoisotopic (exact) mass is 314 g/mol. The summed E-state index contributed by atoms with van der Waals surface area (Å²) in [5.74, 6) is 0.970. The maximum atomic E-state index is 12.6. The number of carbonyl (C=O) groups is 2. The standard InChI is InChI=1S/C19H26N2O2/c1-14-3-5-17(6-4-14)13-20-11-12-21(15(2)19(20)23)18(22)10-9-16-7-8-16/h3-6,15-16H,7-13H2,1-2H3/t15-/m0/s1. The molecule has 23 heavy (non-hydrogen) atoms. The largest absolute Gasteiger partial charge is 0.335 e. The minimum atomic E-state index is -0.332. The highest BCUT2D eigenvalue weighted by atomic mass is 16.2. The van der Waals surface area contributed by atoms with E-state index in [1.165, 1.54) is 18.4 Å². The first-order valence-corrected chi connectivity index (χ1v) is 8.68. The Morgan fingerprint density at radius 1 is 1.17 bits per heavy atom. The Balaban J connectivity index is 1.56. The Morgan fingerprint density at radius 3 is 2.52 bits per heavy atom. The van der Waals surface area contributed by atoms with Gasteiger partial charge in [-0.15, -0.1) is 0 Å². The molecular formula is C19H26N2O2. The van der Waals surface area contributed by atoms with Crippen LogP contribution in [-0.2, 0) is 16.1 Å². The average Bonchev–Trinajstić information content (AvgIpc) is 3.36. The number of carbonyl (C=O) groups excluding carboxylic acids is 2. The zero-order chi connectivity index (χ0) is 16.4. The van der Waals surface area contributed by atoms with Crippen LogP contribution in [0.5, 0.6) is 0 Å². The second kappa shape index (κ2) is 6.73. The predicted octanol–water partition coefficient (Wildman–Crippen LogP) is 2.74. The number of hydrogen-bond donors (Lipinski definition) is 0. The smallest absolute Gasteiger partial charge is 0.245 e. The van der Waals surface area contributed by atoms with Crippen LogP contribution in [0.15, 0.2) is 24.3 Å². The van der Waals surface area contributed by atoms with Gasteiger partial charge in [0.1, 0.15) is 6.04 Å². The lowest BCUT2D eigenvalue weighted by Gasteiger charge is -2.39. The molecule has 0 aromatic heterocycles. The number of rotatable bonds is 5. The van der Waals surface area contributed by atoms with Gasteiger partial charge >= 0.3 is 0 Å². The first-order valence-electron chi connectivity index (χ1n) is 8.68. The van der Waals surface area contributed by atoms with Crippen LogP contribution < -0.4 is 0 Å². The molecule has 4 heteroatoms. The van der Waals surface area contributed by atoms with E-state index in [0.717, 1.165) is 17.9 Å². The van der Waals surface area contributed by atoms with Crippen molar-refractivity contribution in [2.45, 2.75) is 52.1 Å². The maximum Gasteiger partial charge on any atom is 0.245 e. The van der Waals surface area contributed by atoms with Gasteiger partial charge in [0.05, 0.1) is 0 Å². The fraction of sp³-hybridized carbons (Fsp3) is 0.579. The van der Waals surface area contributed by atoms with Gasteiger partial charge in [0.25, 0.3) is 0 Å². The first kappa shape index (κ1) is 16.0. The highest BCUT2D eigenvalue weighted by molar-refractivity contribution is 5.88. The molecule has 0 spiro atoms. The zero-order valence-corrected chi connectivity index (χ0v) is 14.1. The predicted molar refractivity (Wildman–Crippen MR) is 89.7 cm³/mol. The summed E-state index contributed by atoms with van der Waals surface area (Å²) in [5, 5.41) is 0. The van der Waals surface area contributed by atoms with Gasteiger partial charge in [-0.3, -0.25) is 9.59 Å². The average molecular weight is 314 g/mol. The molecule has 1 aliphatic heterocycles. The third-order valence-corrected chi connectivity index (χ3v) is 5.03. The molecule has 0 radical (unpaired) electrons. The van der Waals surface area contributed by atoms with Gasteiger partial charge in [0.2, 0.25) is 11.8 Å². The molecule has 1 aromatic carbocycles. The Labute approximate surface area is 138 Å². The lowest BCUT2D eigenvalue weighted by Crippen LogP contribution is -2.57. The third-order valence-electron chi connectivity index (χ3n) is 5.03. The van der Waals surface area contributed by atoms with Crippen LogP contribution >= 0.6 is 0 Å². The Bertz CT molecular complexity index is 578. The van der Waals surface area contributed by atoms with Crippen LogP contribution in [0.2, 0.25) is 0 Å². The van der Waals surface area contributed by atoms with E-state index >= 15 is 0 Å². The van der Waals surface area contributed by atoms with E-state index < -0.39 is 0 Å². The van der Waals surface area contributed by atoms with Gasteiger partial charge in [-0.05, 0) is 31.7 Å². The highest BCUT2D eigenvalue weighted by Gasteiger charge is 2.34. The van der Waals surface area contributed by atoms with E-state index in [0.29, 0.717) is 26.1 Å². The molecule has 0 N–H and O–H groups in total. The maximum absolute atomic E-state index is 12.6. The fourth-order valence-corrected chi connectivity index (χ4v) is 3.22. The normalized spacial score (nSPS) is 21.7. The Hall–Kier alpha value is -1.84. The van der Waals surface area contributed by atoms with E-state index in [1.807, 2.05) is 11.8 Å². The van der Waals surface area contributed by atoms with E-state index in [-0.39, 0.29) is 17.9 Å². The van der Waals surface area contributed by atoms with Crippen molar-refractivity contribution in [1.29, 1.82) is 0 Å². The van der Waals surface area contributed by atoms with Crippen molar-refractivity contribution in [3.63, 3.8) is 0 Å². The molecule has 1 aliphatic carbocycles. The Kier molecular flexibility index (Phi) is 4.69.